The molecule has 110 valence electrons. The van der Waals surface area contributed by atoms with Gasteiger partial charge in [0.25, 0.3) is 0 Å². The summed E-state index contributed by atoms with van der Waals surface area (Å²) in [6, 6.07) is 6.79. The van der Waals surface area contributed by atoms with Crippen LogP contribution in [0.4, 0.5) is 5.69 Å². The molecule has 1 N–H and O–H groups in total. The molecule has 9 heteroatoms. The van der Waals surface area contributed by atoms with Gasteiger partial charge in [0.15, 0.2) is 14.9 Å². The second-order valence-corrected chi connectivity index (χ2v) is 9.10. The molecule has 0 radical (unpaired) electrons. The Hall–Kier alpha value is -1.45. The van der Waals surface area contributed by atoms with Gasteiger partial charge < -0.3 is 5.32 Å². The molecule has 0 unspecified atom stereocenters. The largest absolute Gasteiger partial charge is 0.325 e. The predicted octanol–water partition coefficient (Wildman–Crippen LogP) is -0.227. The highest BCUT2D eigenvalue weighted by Crippen LogP contribution is 2.22. The first-order chi connectivity index (χ1) is 9.17. The highest BCUT2D eigenvalue weighted by molar-refractivity contribution is 8.06. The number of carbonyl (C=O) groups is 1. The van der Waals surface area contributed by atoms with Gasteiger partial charge in [-0.05, 0) is 11.6 Å². The van der Waals surface area contributed by atoms with E-state index in [0.717, 1.165) is 10.6 Å². The average molecular weight is 318 g/mol. The Morgan fingerprint density at radius 2 is 1.80 bits per heavy atom. The Bertz CT molecular complexity index is 740. The van der Waals surface area contributed by atoms with Crippen LogP contribution in [0, 0.1) is 0 Å². The lowest BCUT2D eigenvalue weighted by atomic mass is 10.2. The second-order valence-electron chi connectivity index (χ2n) is 4.63. The Morgan fingerprint density at radius 3 is 2.45 bits per heavy atom. The summed E-state index contributed by atoms with van der Waals surface area (Å²) >= 11 is 0. The minimum Gasteiger partial charge on any atom is -0.325 e. The average Bonchev–Trinajstić information content (AvgIpc) is 2.44. The van der Waals surface area contributed by atoms with Crippen LogP contribution in [-0.2, 0) is 31.2 Å². The van der Waals surface area contributed by atoms with Gasteiger partial charge >= 0.3 is 0 Å². The molecule has 1 aromatic carbocycles. The Balaban J connectivity index is 2.37. The first-order valence-electron chi connectivity index (χ1n) is 5.71. The van der Waals surface area contributed by atoms with E-state index < -0.39 is 37.4 Å². The number of sulfone groups is 1. The van der Waals surface area contributed by atoms with Crippen molar-refractivity contribution >= 4 is 31.5 Å². The number of rotatable bonds is 3. The highest BCUT2D eigenvalue weighted by atomic mass is 32.3. The van der Waals surface area contributed by atoms with Gasteiger partial charge in [-0.1, -0.05) is 18.2 Å². The lowest BCUT2D eigenvalue weighted by molar-refractivity contribution is -0.116. The Morgan fingerprint density at radius 1 is 1.15 bits per heavy atom. The number of hydrogen-bond donors (Lipinski definition) is 1. The number of anilines is 1. The van der Waals surface area contributed by atoms with E-state index in [4.69, 9.17) is 0 Å². The summed E-state index contributed by atoms with van der Waals surface area (Å²) in [5, 5.41) is 1.59. The standard InChI is InChI=1S/C11H14N2O5S2/c1-19(15,16)8-20(17,18)13-6-9-4-2-3-5-10(9)12-11(14)7-13/h2-5H,6-8H2,1H3,(H,12,14). The molecule has 1 aliphatic rings. The SMILES string of the molecule is CS(=O)(=O)CS(=O)(=O)N1CC(=O)Nc2ccccc2C1. The minimum absolute atomic E-state index is 0.0350. The molecule has 0 saturated carbocycles. The Labute approximate surface area is 117 Å². The van der Waals surface area contributed by atoms with Crippen LogP contribution in [0.15, 0.2) is 24.3 Å². The van der Waals surface area contributed by atoms with Gasteiger partial charge in [-0.15, -0.1) is 0 Å². The quantitative estimate of drug-likeness (QED) is 0.830. The van der Waals surface area contributed by atoms with E-state index >= 15 is 0 Å². The molecule has 0 spiro atoms. The van der Waals surface area contributed by atoms with Crippen molar-refractivity contribution in [3.63, 3.8) is 0 Å². The molecular formula is C11H14N2O5S2. The van der Waals surface area contributed by atoms with Crippen LogP contribution < -0.4 is 5.32 Å². The van der Waals surface area contributed by atoms with Crippen LogP contribution in [-0.4, -0.2) is 44.9 Å². The fourth-order valence-corrected chi connectivity index (χ4v) is 5.33. The van der Waals surface area contributed by atoms with Crippen molar-refractivity contribution < 1.29 is 21.6 Å². The molecule has 0 aromatic heterocycles. The fraction of sp³-hybridized carbons (Fsp3) is 0.364. The zero-order valence-corrected chi connectivity index (χ0v) is 12.4. The summed E-state index contributed by atoms with van der Waals surface area (Å²) in [6.45, 7) is -0.431. The zero-order chi connectivity index (χ0) is 15.0. The van der Waals surface area contributed by atoms with Gasteiger partial charge in [-0.25, -0.2) is 16.8 Å². The first kappa shape index (κ1) is 14.9. The normalized spacial score (nSPS) is 17.1. The molecule has 20 heavy (non-hydrogen) atoms. The van der Waals surface area contributed by atoms with Crippen LogP contribution in [0.25, 0.3) is 0 Å². The van der Waals surface area contributed by atoms with Crippen molar-refractivity contribution in [2.45, 2.75) is 6.54 Å². The van der Waals surface area contributed by atoms with Crippen LogP contribution in [0.2, 0.25) is 0 Å². The van der Waals surface area contributed by atoms with E-state index in [1.54, 1.807) is 24.3 Å². The second kappa shape index (κ2) is 5.15. The smallest absolute Gasteiger partial charge is 0.239 e. The molecule has 1 aromatic rings. The van der Waals surface area contributed by atoms with E-state index in [0.29, 0.717) is 11.3 Å². The predicted molar refractivity (Wildman–Crippen MR) is 74.1 cm³/mol. The molecule has 1 heterocycles. The molecule has 1 amide bonds. The van der Waals surface area contributed by atoms with Crippen LogP contribution in [0.3, 0.4) is 0 Å². The van der Waals surface area contributed by atoms with Gasteiger partial charge in [-0.3, -0.25) is 4.79 Å². The monoisotopic (exact) mass is 318 g/mol. The third-order valence-electron chi connectivity index (χ3n) is 2.71. The van der Waals surface area contributed by atoms with E-state index in [2.05, 4.69) is 5.32 Å². The number of carbonyl (C=O) groups excluding carboxylic acids is 1. The van der Waals surface area contributed by atoms with Crippen molar-refractivity contribution in [2.75, 3.05) is 23.2 Å². The van der Waals surface area contributed by atoms with Gasteiger partial charge in [-0.2, -0.15) is 4.31 Å². The molecule has 0 fully saturated rings. The summed E-state index contributed by atoms with van der Waals surface area (Å²) in [4.78, 5) is 11.7. The van der Waals surface area contributed by atoms with E-state index in [1.807, 2.05) is 0 Å². The third kappa shape index (κ3) is 3.56. The Kier molecular flexibility index (Phi) is 3.85. The summed E-state index contributed by atoms with van der Waals surface area (Å²) in [7, 11) is -7.75. The first-order valence-corrected chi connectivity index (χ1v) is 9.38. The van der Waals surface area contributed by atoms with Gasteiger partial charge in [0.2, 0.25) is 15.9 Å². The van der Waals surface area contributed by atoms with E-state index in [1.165, 1.54) is 0 Å². The van der Waals surface area contributed by atoms with Crippen molar-refractivity contribution in [3.8, 4) is 0 Å². The number of amides is 1. The molecule has 7 nitrogen and oxygen atoms in total. The van der Waals surface area contributed by atoms with E-state index in [9.17, 15) is 21.6 Å². The number of sulfonamides is 1. The highest BCUT2D eigenvalue weighted by Gasteiger charge is 2.31. The van der Waals surface area contributed by atoms with Crippen molar-refractivity contribution in [3.05, 3.63) is 29.8 Å². The van der Waals surface area contributed by atoms with E-state index in [-0.39, 0.29) is 6.54 Å². The fourth-order valence-electron chi connectivity index (χ4n) is 1.92. The van der Waals surface area contributed by atoms with Crippen LogP contribution in [0.1, 0.15) is 5.56 Å². The zero-order valence-electron chi connectivity index (χ0n) is 10.7. The maximum Gasteiger partial charge on any atom is 0.239 e. The molecule has 2 rings (SSSR count). The van der Waals surface area contributed by atoms with Gasteiger partial charge in [0.05, 0.1) is 6.54 Å². The maximum atomic E-state index is 12.1. The van der Waals surface area contributed by atoms with Crippen molar-refractivity contribution in [1.29, 1.82) is 0 Å². The molecular weight excluding hydrogens is 304 g/mol. The van der Waals surface area contributed by atoms with Crippen LogP contribution >= 0.6 is 0 Å². The van der Waals surface area contributed by atoms with Crippen molar-refractivity contribution in [1.82, 2.24) is 4.31 Å². The molecule has 0 saturated heterocycles. The molecule has 0 atom stereocenters. The summed E-state index contributed by atoms with van der Waals surface area (Å²) < 4.78 is 47.4. The number of para-hydroxylation sites is 1. The maximum absolute atomic E-state index is 12.1. The number of fused-ring (bicyclic) bond motifs is 1. The molecule has 1 aliphatic heterocycles. The summed E-state index contributed by atoms with van der Waals surface area (Å²) in [6.07, 6.45) is 0.844. The lowest BCUT2D eigenvalue weighted by Crippen LogP contribution is -2.38. The number of nitrogens with zero attached hydrogens (tertiary/aromatic N) is 1. The molecule has 0 aliphatic carbocycles. The van der Waals surface area contributed by atoms with Crippen LogP contribution in [0.5, 0.6) is 0 Å². The third-order valence-corrected chi connectivity index (χ3v) is 6.66. The summed E-state index contributed by atoms with van der Waals surface area (Å²) in [5.74, 6) is -0.493. The number of nitrogens with one attached hydrogen (secondary N) is 1. The van der Waals surface area contributed by atoms with Gasteiger partial charge in [0, 0.05) is 18.5 Å². The van der Waals surface area contributed by atoms with Gasteiger partial charge in [0.1, 0.15) is 0 Å². The number of hydrogen-bond acceptors (Lipinski definition) is 5. The topological polar surface area (TPSA) is 101 Å². The van der Waals surface area contributed by atoms with Crippen molar-refractivity contribution in [2.24, 2.45) is 0 Å². The molecule has 0 bridgehead atoms. The number of benzene rings is 1. The lowest BCUT2D eigenvalue weighted by Gasteiger charge is -2.18. The minimum atomic E-state index is -4.06. The summed E-state index contributed by atoms with van der Waals surface area (Å²) in [5.41, 5.74) is 1.16.